The molecule has 0 aliphatic carbocycles. The fraction of sp³-hybridized carbons (Fsp3) is 0.333. The molecule has 2 heterocycles. The predicted molar refractivity (Wildman–Crippen MR) is 108 cm³/mol. The van der Waals surface area contributed by atoms with E-state index in [1.165, 1.54) is 24.4 Å². The summed E-state index contributed by atoms with van der Waals surface area (Å²) >= 11 is 1.00. The van der Waals surface area contributed by atoms with Crippen molar-refractivity contribution in [3.8, 4) is 0 Å². The van der Waals surface area contributed by atoms with Crippen molar-refractivity contribution in [2.24, 2.45) is 5.92 Å². The summed E-state index contributed by atoms with van der Waals surface area (Å²) < 4.78 is 55.4. The summed E-state index contributed by atoms with van der Waals surface area (Å²) in [6.45, 7) is -0.320. The van der Waals surface area contributed by atoms with Crippen molar-refractivity contribution in [2.45, 2.75) is 17.3 Å². The summed E-state index contributed by atoms with van der Waals surface area (Å²) in [7, 11) is -3.84. The molecule has 0 saturated carbocycles. The van der Waals surface area contributed by atoms with E-state index in [9.17, 15) is 27.4 Å². The molecule has 0 atom stereocenters. The quantitative estimate of drug-likeness (QED) is 0.366. The summed E-state index contributed by atoms with van der Waals surface area (Å²) in [4.78, 5) is 8.45. The van der Waals surface area contributed by atoms with Crippen LogP contribution in [0.15, 0.2) is 41.7 Å². The molecule has 0 spiro atoms. The van der Waals surface area contributed by atoms with Crippen molar-refractivity contribution in [1.82, 2.24) is 14.3 Å². The van der Waals surface area contributed by atoms with Crippen LogP contribution in [0.3, 0.4) is 0 Å². The van der Waals surface area contributed by atoms with Crippen LogP contribution in [0.1, 0.15) is 11.3 Å². The van der Waals surface area contributed by atoms with Gasteiger partial charge in [-0.1, -0.05) is 23.9 Å². The zero-order valence-electron chi connectivity index (χ0n) is 15.7. The van der Waals surface area contributed by atoms with Gasteiger partial charge in [0, 0.05) is 48.4 Å². The second-order valence-corrected chi connectivity index (χ2v) is 9.09. The molecule has 1 aliphatic heterocycles. The highest BCUT2D eigenvalue weighted by molar-refractivity contribution is 7.98. The number of aliphatic hydroxyl groups is 2. The average Bonchev–Trinajstić information content (AvgIpc) is 2.65. The van der Waals surface area contributed by atoms with Crippen molar-refractivity contribution in [3.63, 3.8) is 0 Å². The number of hydrogen-bond donors (Lipinski definition) is 3. The number of aliphatic hydroxyl groups excluding tert-OH is 2. The van der Waals surface area contributed by atoms with Crippen LogP contribution in [0.5, 0.6) is 0 Å². The minimum atomic E-state index is -3.84. The Morgan fingerprint density at radius 1 is 1.23 bits per heavy atom. The SMILES string of the molecule is O=S(=O)(Nc1cc(CC(CO)CO)nc(SCc2cccc(F)c2F)n1)N1C=CC1. The number of rotatable bonds is 10. The number of benzene rings is 1. The fourth-order valence-corrected chi connectivity index (χ4v) is 4.41. The highest BCUT2D eigenvalue weighted by atomic mass is 32.2. The van der Waals surface area contributed by atoms with Crippen LogP contribution in [0, 0.1) is 17.6 Å². The van der Waals surface area contributed by atoms with E-state index >= 15 is 0 Å². The second kappa shape index (κ2) is 9.69. The molecular formula is C18H20F2N4O4S2. The lowest BCUT2D eigenvalue weighted by molar-refractivity contribution is 0.149. The van der Waals surface area contributed by atoms with Crippen molar-refractivity contribution < 1.29 is 27.4 Å². The van der Waals surface area contributed by atoms with Gasteiger partial charge < -0.3 is 10.2 Å². The summed E-state index contributed by atoms with van der Waals surface area (Å²) in [5.74, 6) is -2.39. The molecule has 2 aromatic rings. The third-order valence-corrected chi connectivity index (χ3v) is 6.51. The van der Waals surface area contributed by atoms with E-state index in [1.807, 2.05) is 0 Å². The van der Waals surface area contributed by atoms with Crippen LogP contribution >= 0.6 is 11.8 Å². The van der Waals surface area contributed by atoms with Gasteiger partial charge in [-0.2, -0.15) is 8.42 Å². The minimum Gasteiger partial charge on any atom is -0.396 e. The molecule has 30 heavy (non-hydrogen) atoms. The van der Waals surface area contributed by atoms with E-state index in [-0.39, 0.29) is 48.5 Å². The Kier molecular flexibility index (Phi) is 7.23. The molecule has 0 bridgehead atoms. The lowest BCUT2D eigenvalue weighted by Gasteiger charge is -2.24. The Balaban J connectivity index is 1.84. The van der Waals surface area contributed by atoms with Gasteiger partial charge >= 0.3 is 10.2 Å². The molecule has 0 unspecified atom stereocenters. The molecule has 3 N–H and O–H groups in total. The third kappa shape index (κ3) is 5.45. The van der Waals surface area contributed by atoms with Gasteiger partial charge in [-0.25, -0.2) is 23.5 Å². The van der Waals surface area contributed by atoms with Crippen LogP contribution in [-0.2, 0) is 22.4 Å². The molecule has 1 aliphatic rings. The Hall–Kier alpha value is -2.28. The molecule has 0 amide bonds. The summed E-state index contributed by atoms with van der Waals surface area (Å²) in [6, 6.07) is 5.25. The van der Waals surface area contributed by atoms with E-state index in [0.717, 1.165) is 22.1 Å². The van der Waals surface area contributed by atoms with Crippen LogP contribution in [0.2, 0.25) is 0 Å². The van der Waals surface area contributed by atoms with Crippen LogP contribution in [0.4, 0.5) is 14.6 Å². The van der Waals surface area contributed by atoms with Gasteiger partial charge in [0.15, 0.2) is 16.8 Å². The number of halogens is 2. The maximum Gasteiger partial charge on any atom is 0.324 e. The van der Waals surface area contributed by atoms with Gasteiger partial charge in [0.2, 0.25) is 0 Å². The normalized spacial score (nSPS) is 13.6. The predicted octanol–water partition coefficient (Wildman–Crippen LogP) is 1.68. The zero-order valence-corrected chi connectivity index (χ0v) is 17.3. The number of aromatic nitrogens is 2. The first-order chi connectivity index (χ1) is 14.3. The molecule has 3 rings (SSSR count). The standard InChI is InChI=1S/C18H20F2N4O4S2/c19-15-4-1-3-13(17(15)20)11-29-18-21-14(7-12(9-25)10-26)8-16(22-18)23-30(27,28)24-5-2-6-24/h1-5,8,12,25-26H,6-7,9-11H2,(H,21,22,23). The molecular weight excluding hydrogens is 438 g/mol. The molecule has 0 fully saturated rings. The van der Waals surface area contributed by atoms with Gasteiger partial charge in [-0.15, -0.1) is 0 Å². The number of nitrogens with one attached hydrogen (secondary N) is 1. The molecule has 1 aromatic heterocycles. The monoisotopic (exact) mass is 458 g/mol. The molecule has 12 heteroatoms. The van der Waals surface area contributed by atoms with Crippen LogP contribution < -0.4 is 4.72 Å². The highest BCUT2D eigenvalue weighted by Crippen LogP contribution is 2.25. The maximum atomic E-state index is 13.9. The summed E-state index contributed by atoms with van der Waals surface area (Å²) in [5, 5.41) is 18.8. The lowest BCUT2D eigenvalue weighted by Crippen LogP contribution is -2.36. The van der Waals surface area contributed by atoms with Gasteiger partial charge in [0.1, 0.15) is 5.82 Å². The van der Waals surface area contributed by atoms with Crippen molar-refractivity contribution in [1.29, 1.82) is 0 Å². The van der Waals surface area contributed by atoms with Crippen LogP contribution in [-0.4, -0.2) is 52.7 Å². The van der Waals surface area contributed by atoms with E-state index in [4.69, 9.17) is 0 Å². The van der Waals surface area contributed by atoms with E-state index in [1.54, 1.807) is 6.08 Å². The topological polar surface area (TPSA) is 116 Å². The number of anilines is 1. The van der Waals surface area contributed by atoms with E-state index < -0.39 is 27.8 Å². The largest absolute Gasteiger partial charge is 0.396 e. The minimum absolute atomic E-state index is 0.00264. The van der Waals surface area contributed by atoms with Crippen molar-refractivity contribution >= 4 is 27.8 Å². The molecule has 162 valence electrons. The molecule has 0 radical (unpaired) electrons. The summed E-state index contributed by atoms with van der Waals surface area (Å²) in [6.07, 6.45) is 3.25. The Bertz CT molecular complexity index is 1030. The molecule has 0 saturated heterocycles. The van der Waals surface area contributed by atoms with Gasteiger partial charge in [0.25, 0.3) is 0 Å². The van der Waals surface area contributed by atoms with Gasteiger partial charge in [-0.3, -0.25) is 4.31 Å². The Labute approximate surface area is 176 Å². The van der Waals surface area contributed by atoms with Crippen molar-refractivity contribution in [3.05, 3.63) is 59.4 Å². The zero-order chi connectivity index (χ0) is 21.7. The molecule has 1 aromatic carbocycles. The first kappa shape index (κ1) is 22.4. The van der Waals surface area contributed by atoms with E-state index in [2.05, 4.69) is 14.7 Å². The maximum absolute atomic E-state index is 13.9. The fourth-order valence-electron chi connectivity index (χ4n) is 2.54. The highest BCUT2D eigenvalue weighted by Gasteiger charge is 2.23. The number of nitrogens with zero attached hydrogens (tertiary/aromatic N) is 3. The average molecular weight is 459 g/mol. The lowest BCUT2D eigenvalue weighted by atomic mass is 10.1. The number of thioether (sulfide) groups is 1. The first-order valence-corrected chi connectivity index (χ1v) is 11.4. The van der Waals surface area contributed by atoms with E-state index in [0.29, 0.717) is 5.69 Å². The van der Waals surface area contributed by atoms with Crippen LogP contribution in [0.25, 0.3) is 0 Å². The van der Waals surface area contributed by atoms with Crippen molar-refractivity contribution in [2.75, 3.05) is 24.5 Å². The Morgan fingerprint density at radius 3 is 2.60 bits per heavy atom. The molecule has 8 nitrogen and oxygen atoms in total. The van der Waals surface area contributed by atoms with Gasteiger partial charge in [0.05, 0.1) is 6.54 Å². The third-order valence-electron chi connectivity index (χ3n) is 4.26. The number of hydrogen-bond acceptors (Lipinski definition) is 7. The second-order valence-electron chi connectivity index (χ2n) is 6.53. The van der Waals surface area contributed by atoms with Gasteiger partial charge in [-0.05, 0) is 18.6 Å². The first-order valence-electron chi connectivity index (χ1n) is 8.94. The summed E-state index contributed by atoms with van der Waals surface area (Å²) in [5.41, 5.74) is 0.502. The Morgan fingerprint density at radius 2 is 1.97 bits per heavy atom. The smallest absolute Gasteiger partial charge is 0.324 e.